The summed E-state index contributed by atoms with van der Waals surface area (Å²) in [5.41, 5.74) is 3.53. The molecule has 0 fully saturated rings. The van der Waals surface area contributed by atoms with E-state index in [0.717, 1.165) is 30.3 Å². The van der Waals surface area contributed by atoms with Gasteiger partial charge in [0.1, 0.15) is 0 Å². The summed E-state index contributed by atoms with van der Waals surface area (Å²) in [6.07, 6.45) is 3.13. The summed E-state index contributed by atoms with van der Waals surface area (Å²) in [5.74, 6) is 0. The van der Waals surface area contributed by atoms with Crippen LogP contribution in [0.15, 0.2) is 16.6 Å². The van der Waals surface area contributed by atoms with Gasteiger partial charge in [-0.3, -0.25) is 0 Å². The molecule has 1 aromatic rings. The molecule has 0 unspecified atom stereocenters. The Balaban J connectivity index is 2.41. The number of nitrogens with zero attached hydrogens (tertiary/aromatic N) is 1. The van der Waals surface area contributed by atoms with Gasteiger partial charge < -0.3 is 5.32 Å². The molecule has 1 N–H and O–H groups in total. The Hall–Kier alpha value is -1.01. The highest BCUT2D eigenvalue weighted by atomic mass is 79.9. The van der Waals surface area contributed by atoms with Crippen molar-refractivity contribution in [1.82, 2.24) is 0 Å². The van der Waals surface area contributed by atoms with Gasteiger partial charge in [-0.25, -0.2) is 0 Å². The maximum Gasteiger partial charge on any atom is 0.0683 e. The molecule has 104 valence electrons. The Labute approximate surface area is 125 Å². The van der Waals surface area contributed by atoms with Crippen LogP contribution in [0.3, 0.4) is 0 Å². The van der Waals surface area contributed by atoms with Crippen LogP contribution in [0.1, 0.15) is 44.2 Å². The van der Waals surface area contributed by atoms with Crippen molar-refractivity contribution in [3.8, 4) is 6.07 Å². The zero-order valence-electron chi connectivity index (χ0n) is 12.3. The van der Waals surface area contributed by atoms with Crippen LogP contribution >= 0.6 is 15.9 Å². The van der Waals surface area contributed by atoms with E-state index in [-0.39, 0.29) is 5.41 Å². The zero-order chi connectivity index (χ0) is 14.5. The van der Waals surface area contributed by atoms with Crippen LogP contribution in [0.2, 0.25) is 0 Å². The van der Waals surface area contributed by atoms with Crippen molar-refractivity contribution >= 4 is 21.6 Å². The third-order valence-electron chi connectivity index (χ3n) is 3.26. The Bertz CT molecular complexity index is 449. The average Bonchev–Trinajstić information content (AvgIpc) is 2.31. The highest BCUT2D eigenvalue weighted by molar-refractivity contribution is 9.10. The topological polar surface area (TPSA) is 35.8 Å². The van der Waals surface area contributed by atoms with Gasteiger partial charge in [0.15, 0.2) is 0 Å². The van der Waals surface area contributed by atoms with Gasteiger partial charge >= 0.3 is 0 Å². The number of anilines is 1. The van der Waals surface area contributed by atoms with Gasteiger partial charge in [-0.1, -0.05) is 12.5 Å². The lowest BCUT2D eigenvalue weighted by Gasteiger charge is -2.16. The quantitative estimate of drug-likeness (QED) is 0.731. The average molecular weight is 323 g/mol. The Morgan fingerprint density at radius 1 is 1.26 bits per heavy atom. The van der Waals surface area contributed by atoms with E-state index in [4.69, 9.17) is 5.26 Å². The molecular formula is C16H23BrN2. The van der Waals surface area contributed by atoms with E-state index in [2.05, 4.69) is 53.3 Å². The van der Waals surface area contributed by atoms with Gasteiger partial charge in [-0.05, 0) is 73.7 Å². The van der Waals surface area contributed by atoms with Crippen LogP contribution in [-0.2, 0) is 0 Å². The minimum absolute atomic E-state index is 0.194. The molecule has 0 spiro atoms. The number of hydrogen-bond acceptors (Lipinski definition) is 2. The Kier molecular flexibility index (Phi) is 5.87. The molecule has 2 nitrogen and oxygen atoms in total. The molecule has 0 aromatic heterocycles. The van der Waals surface area contributed by atoms with Gasteiger partial charge in [0, 0.05) is 11.0 Å². The van der Waals surface area contributed by atoms with Crippen LogP contribution in [0.4, 0.5) is 5.69 Å². The molecule has 0 aliphatic carbocycles. The number of nitrogens with one attached hydrogen (secondary N) is 1. The van der Waals surface area contributed by atoms with Gasteiger partial charge in [-0.15, -0.1) is 0 Å². The molecule has 0 atom stereocenters. The van der Waals surface area contributed by atoms with Gasteiger partial charge in [0.25, 0.3) is 0 Å². The van der Waals surface area contributed by atoms with Crippen molar-refractivity contribution in [3.63, 3.8) is 0 Å². The van der Waals surface area contributed by atoms with E-state index < -0.39 is 0 Å². The molecule has 0 bridgehead atoms. The van der Waals surface area contributed by atoms with Gasteiger partial charge in [0.2, 0.25) is 0 Å². The van der Waals surface area contributed by atoms with Crippen molar-refractivity contribution in [1.29, 1.82) is 5.26 Å². The number of nitriles is 1. The smallest absolute Gasteiger partial charge is 0.0683 e. The summed E-state index contributed by atoms with van der Waals surface area (Å²) < 4.78 is 1.13. The van der Waals surface area contributed by atoms with E-state index in [1.807, 2.05) is 13.8 Å². The molecule has 1 aromatic carbocycles. The second-order valence-electron chi connectivity index (χ2n) is 5.82. The molecule has 19 heavy (non-hydrogen) atoms. The molecule has 0 saturated heterocycles. The van der Waals surface area contributed by atoms with Crippen LogP contribution in [0, 0.1) is 30.6 Å². The number of rotatable bonds is 6. The molecule has 0 heterocycles. The molecule has 0 amide bonds. The maximum atomic E-state index is 8.96. The van der Waals surface area contributed by atoms with Crippen molar-refractivity contribution < 1.29 is 0 Å². The van der Waals surface area contributed by atoms with Gasteiger partial charge in [-0.2, -0.15) is 5.26 Å². The van der Waals surface area contributed by atoms with E-state index in [1.165, 1.54) is 16.8 Å². The van der Waals surface area contributed by atoms with Crippen molar-refractivity contribution in [2.45, 2.75) is 47.0 Å². The summed E-state index contributed by atoms with van der Waals surface area (Å²) in [4.78, 5) is 0. The molecule has 0 aliphatic heterocycles. The largest absolute Gasteiger partial charge is 0.384 e. The predicted molar refractivity (Wildman–Crippen MR) is 85.4 cm³/mol. The number of halogens is 1. The molecule has 0 radical (unpaired) electrons. The summed E-state index contributed by atoms with van der Waals surface area (Å²) in [6.45, 7) is 9.18. The number of hydrogen-bond donors (Lipinski definition) is 1. The van der Waals surface area contributed by atoms with Crippen molar-refractivity contribution in [3.05, 3.63) is 27.7 Å². The maximum absolute atomic E-state index is 8.96. The fourth-order valence-corrected chi connectivity index (χ4v) is 2.91. The lowest BCUT2D eigenvalue weighted by molar-refractivity contribution is 0.430. The molecule has 3 heteroatoms. The highest BCUT2D eigenvalue weighted by Crippen LogP contribution is 2.28. The van der Waals surface area contributed by atoms with Crippen LogP contribution in [0.5, 0.6) is 0 Å². The first-order chi connectivity index (χ1) is 8.85. The third kappa shape index (κ3) is 5.24. The second kappa shape index (κ2) is 6.96. The van der Waals surface area contributed by atoms with E-state index >= 15 is 0 Å². The number of benzene rings is 1. The van der Waals surface area contributed by atoms with Crippen molar-refractivity contribution in [2.75, 3.05) is 11.9 Å². The zero-order valence-corrected chi connectivity index (χ0v) is 13.9. The fraction of sp³-hybridized carbons (Fsp3) is 0.562. The minimum Gasteiger partial charge on any atom is -0.384 e. The van der Waals surface area contributed by atoms with E-state index in [0.29, 0.717) is 0 Å². The Morgan fingerprint density at radius 3 is 2.53 bits per heavy atom. The summed E-state index contributed by atoms with van der Waals surface area (Å²) in [7, 11) is 0. The first kappa shape index (κ1) is 16.0. The summed E-state index contributed by atoms with van der Waals surface area (Å²) in [6, 6.07) is 6.67. The highest BCUT2D eigenvalue weighted by Gasteiger charge is 2.15. The SMILES string of the molecule is Cc1cc(C)c(NCCCCC(C)(C)C#N)c(Br)c1. The minimum atomic E-state index is -0.194. The number of aryl methyl sites for hydroxylation is 2. The molecular weight excluding hydrogens is 300 g/mol. The second-order valence-corrected chi connectivity index (χ2v) is 6.67. The number of unbranched alkanes of at least 4 members (excludes halogenated alkanes) is 1. The lowest BCUT2D eigenvalue weighted by atomic mass is 9.89. The first-order valence-electron chi connectivity index (χ1n) is 6.77. The van der Waals surface area contributed by atoms with Crippen LogP contribution in [0.25, 0.3) is 0 Å². The van der Waals surface area contributed by atoms with Crippen molar-refractivity contribution in [2.24, 2.45) is 5.41 Å². The van der Waals surface area contributed by atoms with Crippen LogP contribution in [-0.4, -0.2) is 6.54 Å². The molecule has 1 rings (SSSR count). The first-order valence-corrected chi connectivity index (χ1v) is 7.57. The van der Waals surface area contributed by atoms with Crippen LogP contribution < -0.4 is 5.32 Å². The third-order valence-corrected chi connectivity index (χ3v) is 3.89. The van der Waals surface area contributed by atoms with Gasteiger partial charge in [0.05, 0.1) is 17.2 Å². The predicted octanol–water partition coefficient (Wildman–Crippen LogP) is 5.20. The molecule has 0 saturated carbocycles. The van der Waals surface area contributed by atoms with E-state index in [9.17, 15) is 0 Å². The fourth-order valence-electron chi connectivity index (χ4n) is 2.10. The molecule has 0 aliphatic rings. The standard InChI is InChI=1S/C16H23BrN2/c1-12-9-13(2)15(14(17)10-12)19-8-6-5-7-16(3,4)11-18/h9-10,19H,5-8H2,1-4H3. The summed E-state index contributed by atoms with van der Waals surface area (Å²) in [5, 5.41) is 12.4. The monoisotopic (exact) mass is 322 g/mol. The lowest BCUT2D eigenvalue weighted by Crippen LogP contribution is -2.09. The summed E-state index contributed by atoms with van der Waals surface area (Å²) >= 11 is 3.60. The van der Waals surface area contributed by atoms with E-state index in [1.54, 1.807) is 0 Å². The Morgan fingerprint density at radius 2 is 1.95 bits per heavy atom. The normalized spacial score (nSPS) is 11.2.